The van der Waals surface area contributed by atoms with Gasteiger partial charge in [-0.3, -0.25) is 14.5 Å². The number of anilines is 2. The van der Waals surface area contributed by atoms with Crippen LogP contribution in [0.15, 0.2) is 53.9 Å². The lowest BCUT2D eigenvalue weighted by Gasteiger charge is -2.36. The van der Waals surface area contributed by atoms with Crippen molar-refractivity contribution < 1.29 is 19.1 Å². The fourth-order valence-electron chi connectivity index (χ4n) is 3.55. The molecule has 1 aromatic heterocycles. The number of ether oxygens (including phenoxy) is 2. The zero-order chi connectivity index (χ0) is 22.7. The maximum atomic E-state index is 13.1. The van der Waals surface area contributed by atoms with Gasteiger partial charge in [-0.2, -0.15) is 0 Å². The van der Waals surface area contributed by atoms with Crippen molar-refractivity contribution in [2.45, 2.75) is 32.4 Å². The lowest BCUT2D eigenvalue weighted by Crippen LogP contribution is -2.52. The van der Waals surface area contributed by atoms with E-state index in [1.807, 2.05) is 53.9 Å². The van der Waals surface area contributed by atoms with Crippen LogP contribution >= 0.6 is 11.3 Å². The molecule has 0 bridgehead atoms. The first-order valence-electron chi connectivity index (χ1n) is 10.4. The van der Waals surface area contributed by atoms with Crippen LogP contribution in [0.25, 0.3) is 11.3 Å². The van der Waals surface area contributed by atoms with E-state index in [1.54, 1.807) is 32.3 Å². The summed E-state index contributed by atoms with van der Waals surface area (Å²) >= 11 is 1.57. The van der Waals surface area contributed by atoms with Crippen molar-refractivity contribution in [1.82, 2.24) is 4.98 Å². The highest BCUT2D eigenvalue weighted by molar-refractivity contribution is 7.09. The number of methoxy groups -OCH3 is 1. The van der Waals surface area contributed by atoms with Gasteiger partial charge in [-0.05, 0) is 44.2 Å². The molecule has 1 aliphatic rings. The minimum atomic E-state index is -0.726. The fourth-order valence-corrected chi connectivity index (χ4v) is 4.34. The number of para-hydroxylation sites is 1. The van der Waals surface area contributed by atoms with Crippen LogP contribution in [0.3, 0.4) is 0 Å². The first-order valence-corrected chi connectivity index (χ1v) is 11.3. The first kappa shape index (κ1) is 22.0. The predicted octanol–water partition coefficient (Wildman–Crippen LogP) is 4.14. The monoisotopic (exact) mass is 451 g/mol. The molecule has 2 heterocycles. The van der Waals surface area contributed by atoms with Gasteiger partial charge in [-0.1, -0.05) is 18.2 Å². The Kier molecular flexibility index (Phi) is 6.53. The van der Waals surface area contributed by atoms with Crippen molar-refractivity contribution in [3.63, 3.8) is 0 Å². The molecule has 8 heteroatoms. The van der Waals surface area contributed by atoms with Gasteiger partial charge in [0.05, 0.1) is 23.0 Å². The molecule has 0 saturated carbocycles. The number of aromatic nitrogens is 1. The van der Waals surface area contributed by atoms with Gasteiger partial charge in [0.1, 0.15) is 11.8 Å². The minimum Gasteiger partial charge on any atom is -0.479 e. The summed E-state index contributed by atoms with van der Waals surface area (Å²) < 4.78 is 10.9. The van der Waals surface area contributed by atoms with E-state index >= 15 is 0 Å². The van der Waals surface area contributed by atoms with E-state index in [4.69, 9.17) is 9.47 Å². The molecule has 4 rings (SSSR count). The number of carbonyl (C=O) groups excluding carboxylic acids is 2. The number of carbonyl (C=O) groups is 2. The van der Waals surface area contributed by atoms with Crippen molar-refractivity contribution in [2.24, 2.45) is 0 Å². The second-order valence-electron chi connectivity index (χ2n) is 7.55. The Morgan fingerprint density at radius 1 is 1.28 bits per heavy atom. The standard InChI is InChI=1S/C24H25N3O4S/c1-15(23(28)25-18-7-5-4-6-8-18)27-20-13-17(9-10-21(20)31-16(2)24(27)29)19-14-32-22(26-19)11-12-30-3/h4-10,13-16H,11-12H2,1-3H3,(H,25,28). The van der Waals surface area contributed by atoms with Gasteiger partial charge < -0.3 is 14.8 Å². The summed E-state index contributed by atoms with van der Waals surface area (Å²) in [4.78, 5) is 32.2. The first-order chi connectivity index (χ1) is 15.5. The molecule has 2 unspecified atom stereocenters. The summed E-state index contributed by atoms with van der Waals surface area (Å²) in [7, 11) is 1.67. The average molecular weight is 452 g/mol. The molecule has 0 spiro atoms. The third kappa shape index (κ3) is 4.51. The van der Waals surface area contributed by atoms with Gasteiger partial charge in [0.2, 0.25) is 5.91 Å². The number of rotatable bonds is 7. The van der Waals surface area contributed by atoms with Crippen LogP contribution in [0, 0.1) is 0 Å². The Balaban J connectivity index is 1.64. The number of fused-ring (bicyclic) bond motifs is 1. The zero-order valence-corrected chi connectivity index (χ0v) is 19.0. The highest BCUT2D eigenvalue weighted by Crippen LogP contribution is 2.39. The van der Waals surface area contributed by atoms with Crippen molar-refractivity contribution in [3.05, 3.63) is 58.9 Å². The van der Waals surface area contributed by atoms with Gasteiger partial charge in [0.15, 0.2) is 6.10 Å². The highest BCUT2D eigenvalue weighted by atomic mass is 32.1. The van der Waals surface area contributed by atoms with E-state index in [0.717, 1.165) is 22.7 Å². The van der Waals surface area contributed by atoms with Crippen LogP contribution in [0.2, 0.25) is 0 Å². The maximum Gasteiger partial charge on any atom is 0.268 e. The number of benzene rings is 2. The molecule has 0 radical (unpaired) electrons. The fraction of sp³-hybridized carbons (Fsp3) is 0.292. The lowest BCUT2D eigenvalue weighted by molar-refractivity contribution is -0.128. The summed E-state index contributed by atoms with van der Waals surface area (Å²) in [5, 5.41) is 5.84. The summed E-state index contributed by atoms with van der Waals surface area (Å²) in [5.41, 5.74) is 2.91. The van der Waals surface area contributed by atoms with E-state index in [-0.39, 0.29) is 11.8 Å². The molecule has 0 aliphatic carbocycles. The number of hydrogen-bond acceptors (Lipinski definition) is 6. The number of nitrogens with one attached hydrogen (secondary N) is 1. The normalized spacial score (nSPS) is 16.3. The summed E-state index contributed by atoms with van der Waals surface area (Å²) in [6.45, 7) is 4.02. The second kappa shape index (κ2) is 9.50. The third-order valence-corrected chi connectivity index (χ3v) is 6.19. The van der Waals surface area contributed by atoms with Gasteiger partial charge in [0, 0.05) is 30.2 Å². The summed E-state index contributed by atoms with van der Waals surface area (Å²) in [6, 6.07) is 14.1. The average Bonchev–Trinajstić information content (AvgIpc) is 3.27. The van der Waals surface area contributed by atoms with Crippen molar-refractivity contribution >= 4 is 34.5 Å². The highest BCUT2D eigenvalue weighted by Gasteiger charge is 2.37. The third-order valence-electron chi connectivity index (χ3n) is 5.28. The van der Waals surface area contributed by atoms with E-state index in [1.165, 1.54) is 4.90 Å². The number of amides is 2. The van der Waals surface area contributed by atoms with Crippen LogP contribution in [0.5, 0.6) is 5.75 Å². The number of thiazole rings is 1. The summed E-state index contributed by atoms with van der Waals surface area (Å²) in [5.74, 6) is 0.0324. The van der Waals surface area contributed by atoms with Crippen LogP contribution in [0.1, 0.15) is 18.9 Å². The van der Waals surface area contributed by atoms with E-state index in [9.17, 15) is 9.59 Å². The van der Waals surface area contributed by atoms with Crippen LogP contribution < -0.4 is 15.0 Å². The molecular weight excluding hydrogens is 426 g/mol. The molecule has 3 aromatic rings. The molecule has 2 atom stereocenters. The number of hydrogen-bond donors (Lipinski definition) is 1. The van der Waals surface area contributed by atoms with Gasteiger partial charge in [-0.15, -0.1) is 11.3 Å². The summed E-state index contributed by atoms with van der Waals surface area (Å²) in [6.07, 6.45) is 0.0638. The molecule has 1 N–H and O–H groups in total. The Hall–Kier alpha value is -3.23. The molecule has 7 nitrogen and oxygen atoms in total. The Bertz CT molecular complexity index is 1120. The molecule has 2 aromatic carbocycles. The topological polar surface area (TPSA) is 80.8 Å². The lowest BCUT2D eigenvalue weighted by atomic mass is 10.1. The van der Waals surface area contributed by atoms with E-state index in [2.05, 4.69) is 10.3 Å². The van der Waals surface area contributed by atoms with Crippen LogP contribution in [0.4, 0.5) is 11.4 Å². The van der Waals surface area contributed by atoms with Gasteiger partial charge in [0.25, 0.3) is 5.91 Å². The molecule has 0 fully saturated rings. The molecule has 32 heavy (non-hydrogen) atoms. The van der Waals surface area contributed by atoms with Crippen molar-refractivity contribution in [2.75, 3.05) is 23.9 Å². The SMILES string of the molecule is COCCc1nc(-c2ccc3c(c2)N(C(C)C(=O)Nc2ccccc2)C(=O)C(C)O3)cs1. The second-order valence-corrected chi connectivity index (χ2v) is 8.49. The van der Waals surface area contributed by atoms with Crippen LogP contribution in [-0.4, -0.2) is 42.7 Å². The minimum absolute atomic E-state index is 0.260. The van der Waals surface area contributed by atoms with Crippen molar-refractivity contribution in [3.8, 4) is 17.0 Å². The molecule has 0 saturated heterocycles. The molecule has 2 amide bonds. The van der Waals surface area contributed by atoms with E-state index in [0.29, 0.717) is 23.7 Å². The van der Waals surface area contributed by atoms with E-state index < -0.39 is 12.1 Å². The quantitative estimate of drug-likeness (QED) is 0.584. The maximum absolute atomic E-state index is 13.1. The Morgan fingerprint density at radius 3 is 2.81 bits per heavy atom. The predicted molar refractivity (Wildman–Crippen MR) is 125 cm³/mol. The number of nitrogens with zero attached hydrogens (tertiary/aromatic N) is 2. The largest absolute Gasteiger partial charge is 0.479 e. The van der Waals surface area contributed by atoms with Crippen molar-refractivity contribution in [1.29, 1.82) is 0 Å². The zero-order valence-electron chi connectivity index (χ0n) is 18.2. The Morgan fingerprint density at radius 2 is 2.06 bits per heavy atom. The van der Waals surface area contributed by atoms with Gasteiger partial charge >= 0.3 is 0 Å². The molecular formula is C24H25N3O4S. The Labute approximate surface area is 191 Å². The smallest absolute Gasteiger partial charge is 0.268 e. The van der Waals surface area contributed by atoms with Crippen LogP contribution in [-0.2, 0) is 20.7 Å². The molecule has 166 valence electrons. The molecule has 1 aliphatic heterocycles. The van der Waals surface area contributed by atoms with Gasteiger partial charge in [-0.25, -0.2) is 4.98 Å².